The number of hydrogen-bond acceptors (Lipinski definition) is 6. The van der Waals surface area contributed by atoms with Crippen molar-refractivity contribution in [3.63, 3.8) is 0 Å². The summed E-state index contributed by atoms with van der Waals surface area (Å²) in [4.78, 5) is 29.9. The van der Waals surface area contributed by atoms with Gasteiger partial charge in [-0.15, -0.1) is 0 Å². The fourth-order valence-corrected chi connectivity index (χ4v) is 3.85. The van der Waals surface area contributed by atoms with E-state index in [9.17, 15) is 35.9 Å². The third kappa shape index (κ3) is 9.14. The molecule has 0 unspecified atom stereocenters. The Morgan fingerprint density at radius 3 is 1.95 bits per heavy atom. The molecule has 228 valence electrons. The van der Waals surface area contributed by atoms with Crippen molar-refractivity contribution >= 4 is 10.8 Å². The van der Waals surface area contributed by atoms with Gasteiger partial charge in [0.25, 0.3) is 17.5 Å². The van der Waals surface area contributed by atoms with Gasteiger partial charge in [-0.05, 0) is 23.6 Å². The molecule has 42 heavy (non-hydrogen) atoms. The Morgan fingerprint density at radius 2 is 1.50 bits per heavy atom. The van der Waals surface area contributed by atoms with Crippen LogP contribution < -0.4 is 11.1 Å². The number of aryl methyl sites for hydroxylation is 1. The number of hydrogen-bond donors (Lipinski definition) is 2. The molecule has 1 aliphatic carbocycles. The molecule has 1 aromatic carbocycles. The lowest BCUT2D eigenvalue weighted by Crippen LogP contribution is -2.22. The SMILES string of the molecule is C1CCCCC1.CC.Cn1ccc2cc(-c3ncc(C(F)F)cn3)c(F)cc2c1=O.O=c1[nH]ncc(O)c1C(F)(F)F. The quantitative estimate of drug-likeness (QED) is 0.242. The summed E-state index contributed by atoms with van der Waals surface area (Å²) in [5.41, 5.74) is -3.68. The highest BCUT2D eigenvalue weighted by molar-refractivity contribution is 5.85. The average molecular weight is 600 g/mol. The number of H-pyrrole nitrogens is 1. The Labute approximate surface area is 237 Å². The van der Waals surface area contributed by atoms with E-state index < -0.39 is 35.3 Å². The Bertz CT molecular complexity index is 1540. The second-order valence-electron chi connectivity index (χ2n) is 8.87. The number of aromatic nitrogens is 5. The number of alkyl halides is 5. The van der Waals surface area contributed by atoms with E-state index in [1.54, 1.807) is 24.4 Å². The predicted molar refractivity (Wildman–Crippen MR) is 146 cm³/mol. The average Bonchev–Trinajstić information content (AvgIpc) is 2.97. The first-order valence-electron chi connectivity index (χ1n) is 13.1. The lowest BCUT2D eigenvalue weighted by Gasteiger charge is -2.06. The van der Waals surface area contributed by atoms with Crippen molar-refractivity contribution in [3.8, 4) is 17.1 Å². The molecule has 0 saturated heterocycles. The maximum absolute atomic E-state index is 14.2. The van der Waals surface area contributed by atoms with Gasteiger partial charge in [-0.3, -0.25) is 9.59 Å². The van der Waals surface area contributed by atoms with E-state index in [-0.39, 0.29) is 27.9 Å². The lowest BCUT2D eigenvalue weighted by molar-refractivity contribution is -0.140. The number of halogens is 6. The van der Waals surface area contributed by atoms with Crippen molar-refractivity contribution in [2.45, 2.75) is 65.0 Å². The number of rotatable bonds is 2. The van der Waals surface area contributed by atoms with E-state index in [1.807, 2.05) is 13.8 Å². The molecule has 0 radical (unpaired) electrons. The summed E-state index contributed by atoms with van der Waals surface area (Å²) in [7, 11) is 1.57. The molecular weight excluding hydrogens is 568 g/mol. The van der Waals surface area contributed by atoms with Gasteiger partial charge in [0.05, 0.1) is 22.7 Å². The summed E-state index contributed by atoms with van der Waals surface area (Å²) in [6, 6.07) is 4.20. The summed E-state index contributed by atoms with van der Waals surface area (Å²) < 4.78 is 76.2. The van der Waals surface area contributed by atoms with Crippen LogP contribution in [0.5, 0.6) is 5.75 Å². The van der Waals surface area contributed by atoms with Crippen molar-refractivity contribution in [2.75, 3.05) is 0 Å². The van der Waals surface area contributed by atoms with Crippen molar-refractivity contribution in [3.05, 3.63) is 80.6 Å². The maximum Gasteiger partial charge on any atom is 0.425 e. The van der Waals surface area contributed by atoms with Crippen LogP contribution in [0.1, 0.15) is 69.9 Å². The fraction of sp³-hybridized carbons (Fsp3) is 0.393. The highest BCUT2D eigenvalue weighted by Gasteiger charge is 2.37. The molecule has 0 spiro atoms. The largest absolute Gasteiger partial charge is 0.505 e. The van der Waals surface area contributed by atoms with Crippen LogP contribution in [-0.4, -0.2) is 29.8 Å². The molecule has 3 heterocycles. The van der Waals surface area contributed by atoms with Crippen LogP contribution in [0, 0.1) is 5.82 Å². The highest BCUT2D eigenvalue weighted by atomic mass is 19.4. The monoisotopic (exact) mass is 599 g/mol. The minimum absolute atomic E-state index is 0.00974. The van der Waals surface area contributed by atoms with Gasteiger partial charge in [0.2, 0.25) is 0 Å². The molecule has 3 aromatic heterocycles. The molecule has 14 heteroatoms. The molecule has 1 aliphatic rings. The minimum atomic E-state index is -4.86. The van der Waals surface area contributed by atoms with Crippen LogP contribution in [-0.2, 0) is 13.2 Å². The molecule has 5 rings (SSSR count). The lowest BCUT2D eigenvalue weighted by atomic mass is 10.0. The van der Waals surface area contributed by atoms with E-state index in [0.717, 1.165) is 18.5 Å². The van der Waals surface area contributed by atoms with E-state index in [1.165, 1.54) is 49.2 Å². The van der Waals surface area contributed by atoms with Crippen LogP contribution in [0.15, 0.2) is 52.6 Å². The van der Waals surface area contributed by atoms with Crippen LogP contribution in [0.25, 0.3) is 22.2 Å². The molecule has 0 amide bonds. The predicted octanol–water partition coefficient (Wildman–Crippen LogP) is 6.93. The fourth-order valence-electron chi connectivity index (χ4n) is 3.85. The molecule has 1 fully saturated rings. The molecule has 0 bridgehead atoms. The number of aromatic hydroxyl groups is 1. The van der Waals surface area contributed by atoms with Gasteiger partial charge >= 0.3 is 6.18 Å². The normalized spacial score (nSPS) is 12.8. The molecule has 0 aliphatic heterocycles. The summed E-state index contributed by atoms with van der Waals surface area (Å²) in [5, 5.41) is 13.9. The second-order valence-corrected chi connectivity index (χ2v) is 8.87. The first kappa shape index (κ1) is 34.0. The number of aromatic amines is 1. The van der Waals surface area contributed by atoms with Gasteiger partial charge in [-0.1, -0.05) is 52.4 Å². The number of pyridine rings is 1. The third-order valence-electron chi connectivity index (χ3n) is 5.95. The summed E-state index contributed by atoms with van der Waals surface area (Å²) in [5.74, 6) is -1.86. The van der Waals surface area contributed by atoms with Gasteiger partial charge in [0, 0.05) is 25.6 Å². The van der Waals surface area contributed by atoms with Crippen molar-refractivity contribution in [2.24, 2.45) is 7.05 Å². The molecule has 2 N–H and O–H groups in total. The van der Waals surface area contributed by atoms with E-state index in [4.69, 9.17) is 5.11 Å². The van der Waals surface area contributed by atoms with Crippen LogP contribution in [0.4, 0.5) is 26.3 Å². The summed E-state index contributed by atoms with van der Waals surface area (Å²) in [6.07, 6.45) is 5.46. The first-order chi connectivity index (χ1) is 19.9. The zero-order valence-corrected chi connectivity index (χ0v) is 23.2. The van der Waals surface area contributed by atoms with Crippen molar-refractivity contribution < 1.29 is 31.4 Å². The molecule has 0 atom stereocenters. The van der Waals surface area contributed by atoms with E-state index in [0.29, 0.717) is 11.6 Å². The van der Waals surface area contributed by atoms with E-state index >= 15 is 0 Å². The number of nitrogens with zero attached hydrogens (tertiary/aromatic N) is 4. The Kier molecular flexibility index (Phi) is 12.7. The molecule has 1 saturated carbocycles. The summed E-state index contributed by atoms with van der Waals surface area (Å²) >= 11 is 0. The Morgan fingerprint density at radius 1 is 0.952 bits per heavy atom. The van der Waals surface area contributed by atoms with Gasteiger partial charge in [0.15, 0.2) is 17.1 Å². The molecular formula is C28H31F6N5O3. The van der Waals surface area contributed by atoms with Crippen molar-refractivity contribution in [1.82, 2.24) is 24.7 Å². The maximum atomic E-state index is 14.2. The van der Waals surface area contributed by atoms with Crippen LogP contribution in [0.2, 0.25) is 0 Å². The highest BCUT2D eigenvalue weighted by Crippen LogP contribution is 2.31. The van der Waals surface area contributed by atoms with Crippen LogP contribution >= 0.6 is 0 Å². The zero-order chi connectivity index (χ0) is 31.4. The Hall–Kier alpha value is -4.23. The summed E-state index contributed by atoms with van der Waals surface area (Å²) in [6.45, 7) is 4.00. The van der Waals surface area contributed by atoms with Gasteiger partial charge in [0.1, 0.15) is 5.82 Å². The van der Waals surface area contributed by atoms with E-state index in [2.05, 4.69) is 15.1 Å². The molecule has 4 aromatic rings. The first-order valence-corrected chi connectivity index (χ1v) is 13.1. The number of nitrogens with one attached hydrogen (secondary N) is 1. The number of benzene rings is 1. The second kappa shape index (κ2) is 15.7. The van der Waals surface area contributed by atoms with Gasteiger partial charge in [-0.25, -0.2) is 28.2 Å². The van der Waals surface area contributed by atoms with Gasteiger partial charge < -0.3 is 9.67 Å². The Balaban J connectivity index is 0.000000257. The minimum Gasteiger partial charge on any atom is -0.505 e. The van der Waals surface area contributed by atoms with Crippen LogP contribution in [0.3, 0.4) is 0 Å². The topological polar surface area (TPSA) is 114 Å². The zero-order valence-electron chi connectivity index (χ0n) is 23.2. The standard InChI is InChI=1S/C15H10F3N3O.C6H12.C5H3F3N2O2.C2H6/c1-21-3-2-8-4-11(12(16)5-10(8)15(21)22)14-19-6-9(7-20-14)13(17)18;1-2-4-6-5-3-1;6-5(7,8)3-2(11)1-9-10-4(3)12;1-2/h2-7,13H,1H3;1-6H2;1H,(H2,10,11,12);1-2H3. The number of fused-ring (bicyclic) bond motifs is 1. The smallest absolute Gasteiger partial charge is 0.425 e. The van der Waals surface area contributed by atoms with Crippen molar-refractivity contribution in [1.29, 1.82) is 0 Å². The van der Waals surface area contributed by atoms with Gasteiger partial charge in [-0.2, -0.15) is 18.3 Å². The third-order valence-corrected chi connectivity index (χ3v) is 5.95. The molecule has 8 nitrogen and oxygen atoms in total.